The number of hydrogen-bond acceptors (Lipinski definition) is 4. The van der Waals surface area contributed by atoms with Crippen LogP contribution < -0.4 is 0 Å². The van der Waals surface area contributed by atoms with Gasteiger partial charge in [0.05, 0.1) is 0 Å². The molecule has 2 rings (SSSR count). The number of rotatable bonds is 2. The summed E-state index contributed by atoms with van der Waals surface area (Å²) in [6.45, 7) is 0. The van der Waals surface area contributed by atoms with Crippen molar-refractivity contribution in [3.63, 3.8) is 0 Å². The molecule has 0 radical (unpaired) electrons. The summed E-state index contributed by atoms with van der Waals surface area (Å²) in [7, 11) is 0. The molecule has 1 saturated carbocycles. The van der Waals surface area contributed by atoms with E-state index in [-0.39, 0.29) is 10.8 Å². The predicted molar refractivity (Wildman–Crippen MR) is 56.6 cm³/mol. The fraction of sp³-hybridized carbons (Fsp3) is 0.600. The van der Waals surface area contributed by atoms with E-state index in [1.165, 1.54) is 19.3 Å². The van der Waals surface area contributed by atoms with E-state index in [1.807, 2.05) is 0 Å². The molecular formula is C10H13NO3S. The quantitative estimate of drug-likeness (QED) is 0.814. The molecule has 15 heavy (non-hydrogen) atoms. The molecule has 0 unspecified atom stereocenters. The van der Waals surface area contributed by atoms with E-state index in [9.17, 15) is 9.90 Å². The van der Waals surface area contributed by atoms with E-state index in [0.717, 1.165) is 29.2 Å². The van der Waals surface area contributed by atoms with Crippen molar-refractivity contribution in [1.29, 1.82) is 0 Å². The summed E-state index contributed by atoms with van der Waals surface area (Å²) in [5.41, 5.74) is 0. The zero-order chi connectivity index (χ0) is 10.8. The van der Waals surface area contributed by atoms with Crippen LogP contribution in [0.3, 0.4) is 0 Å². The van der Waals surface area contributed by atoms with Crippen LogP contribution in [-0.2, 0) is 0 Å². The fourth-order valence-corrected chi connectivity index (χ4v) is 2.96. The lowest BCUT2D eigenvalue weighted by molar-refractivity contribution is 0.0699. The van der Waals surface area contributed by atoms with Crippen LogP contribution in [0.5, 0.6) is 5.88 Å². The van der Waals surface area contributed by atoms with Gasteiger partial charge in [0, 0.05) is 5.92 Å². The van der Waals surface area contributed by atoms with Crippen LogP contribution in [0.4, 0.5) is 0 Å². The molecule has 0 aromatic carbocycles. The largest absolute Gasteiger partial charge is 0.492 e. The second kappa shape index (κ2) is 4.18. The molecule has 1 aromatic rings. The second-order valence-corrected chi connectivity index (χ2v) is 4.88. The van der Waals surface area contributed by atoms with E-state index in [2.05, 4.69) is 4.98 Å². The summed E-state index contributed by atoms with van der Waals surface area (Å²) < 4.78 is 0. The third kappa shape index (κ3) is 2.12. The van der Waals surface area contributed by atoms with Gasteiger partial charge in [0.15, 0.2) is 4.88 Å². The maximum Gasteiger partial charge on any atom is 0.351 e. The van der Waals surface area contributed by atoms with Crippen molar-refractivity contribution >= 4 is 17.3 Å². The predicted octanol–water partition coefficient (Wildman–Crippen LogP) is 2.59. The molecular weight excluding hydrogens is 214 g/mol. The Kier molecular flexibility index (Phi) is 2.90. The zero-order valence-corrected chi connectivity index (χ0v) is 9.09. The number of carbonyl (C=O) groups is 1. The highest BCUT2D eigenvalue weighted by atomic mass is 32.1. The molecule has 0 amide bonds. The number of hydrogen-bond donors (Lipinski definition) is 2. The molecule has 0 atom stereocenters. The Labute approximate surface area is 91.6 Å². The molecule has 1 fully saturated rings. The molecule has 0 bridgehead atoms. The molecule has 1 aliphatic rings. The first-order chi connectivity index (χ1) is 7.18. The third-order valence-electron chi connectivity index (χ3n) is 2.77. The fourth-order valence-electron chi connectivity index (χ4n) is 1.99. The van der Waals surface area contributed by atoms with Gasteiger partial charge < -0.3 is 10.2 Å². The minimum absolute atomic E-state index is 0.0319. The molecule has 4 nitrogen and oxygen atoms in total. The summed E-state index contributed by atoms with van der Waals surface area (Å²) in [4.78, 5) is 14.6. The van der Waals surface area contributed by atoms with E-state index in [1.54, 1.807) is 0 Å². The average Bonchev–Trinajstić information content (AvgIpc) is 2.62. The van der Waals surface area contributed by atoms with Crippen molar-refractivity contribution in [1.82, 2.24) is 4.98 Å². The Morgan fingerprint density at radius 3 is 2.53 bits per heavy atom. The summed E-state index contributed by atoms with van der Waals surface area (Å²) >= 11 is 1.11. The standard InChI is InChI=1S/C10H13NO3S/c12-8-7(10(13)14)15-9(11-8)6-4-2-1-3-5-6/h6,12H,1-5H2,(H,13,14). The lowest BCUT2D eigenvalue weighted by Gasteiger charge is -2.18. The van der Waals surface area contributed by atoms with Crippen LogP contribution in [0.1, 0.15) is 52.7 Å². The molecule has 5 heteroatoms. The van der Waals surface area contributed by atoms with Crippen LogP contribution in [0, 0.1) is 0 Å². The van der Waals surface area contributed by atoms with Gasteiger partial charge in [-0.3, -0.25) is 0 Å². The lowest BCUT2D eigenvalue weighted by Crippen LogP contribution is -2.03. The molecule has 82 valence electrons. The van der Waals surface area contributed by atoms with E-state index in [0.29, 0.717) is 5.92 Å². The average molecular weight is 227 g/mol. The van der Waals surface area contributed by atoms with Crippen molar-refractivity contribution < 1.29 is 15.0 Å². The minimum Gasteiger partial charge on any atom is -0.492 e. The Balaban J connectivity index is 2.21. The maximum atomic E-state index is 10.7. The molecule has 1 aromatic heterocycles. The van der Waals surface area contributed by atoms with Crippen LogP contribution in [0.25, 0.3) is 0 Å². The van der Waals surface area contributed by atoms with E-state index >= 15 is 0 Å². The van der Waals surface area contributed by atoms with Gasteiger partial charge >= 0.3 is 5.97 Å². The van der Waals surface area contributed by atoms with Gasteiger partial charge in [0.2, 0.25) is 5.88 Å². The number of thiazole rings is 1. The molecule has 1 aliphatic carbocycles. The van der Waals surface area contributed by atoms with Crippen LogP contribution in [0.15, 0.2) is 0 Å². The third-order valence-corrected chi connectivity index (χ3v) is 3.97. The number of aromatic nitrogens is 1. The van der Waals surface area contributed by atoms with Gasteiger partial charge in [-0.25, -0.2) is 9.78 Å². The monoisotopic (exact) mass is 227 g/mol. The second-order valence-electron chi connectivity index (χ2n) is 3.84. The van der Waals surface area contributed by atoms with Crippen molar-refractivity contribution in [2.75, 3.05) is 0 Å². The molecule has 2 N–H and O–H groups in total. The number of carboxylic acids is 1. The number of carboxylic acid groups (broad SMARTS) is 1. The Hall–Kier alpha value is -1.10. The van der Waals surface area contributed by atoms with Gasteiger partial charge in [-0.2, -0.15) is 0 Å². The zero-order valence-electron chi connectivity index (χ0n) is 8.27. The molecule has 0 aliphatic heterocycles. The van der Waals surface area contributed by atoms with Crippen molar-refractivity contribution in [2.45, 2.75) is 38.0 Å². The van der Waals surface area contributed by atoms with Gasteiger partial charge in [0.25, 0.3) is 0 Å². The molecule has 0 saturated heterocycles. The molecule has 1 heterocycles. The van der Waals surface area contributed by atoms with Gasteiger partial charge in [-0.15, -0.1) is 11.3 Å². The summed E-state index contributed by atoms with van der Waals surface area (Å²) in [5.74, 6) is -1.07. The summed E-state index contributed by atoms with van der Waals surface area (Å²) in [6, 6.07) is 0. The van der Waals surface area contributed by atoms with E-state index in [4.69, 9.17) is 5.11 Å². The highest BCUT2D eigenvalue weighted by Crippen LogP contribution is 2.37. The van der Waals surface area contributed by atoms with Crippen molar-refractivity contribution in [3.05, 3.63) is 9.88 Å². The van der Waals surface area contributed by atoms with Gasteiger partial charge in [0.1, 0.15) is 5.01 Å². The van der Waals surface area contributed by atoms with E-state index < -0.39 is 5.97 Å². The number of aromatic carboxylic acids is 1. The van der Waals surface area contributed by atoms with Crippen LogP contribution in [0.2, 0.25) is 0 Å². The number of nitrogens with zero attached hydrogens (tertiary/aromatic N) is 1. The topological polar surface area (TPSA) is 70.4 Å². The molecule has 0 spiro atoms. The van der Waals surface area contributed by atoms with Gasteiger partial charge in [-0.1, -0.05) is 19.3 Å². The van der Waals surface area contributed by atoms with Crippen LogP contribution in [-0.4, -0.2) is 21.2 Å². The number of aromatic hydroxyl groups is 1. The first-order valence-electron chi connectivity index (χ1n) is 5.11. The lowest BCUT2D eigenvalue weighted by atomic mass is 9.90. The summed E-state index contributed by atoms with van der Waals surface area (Å²) in [5, 5.41) is 18.9. The van der Waals surface area contributed by atoms with Crippen molar-refractivity contribution in [3.8, 4) is 5.88 Å². The first kappa shape index (κ1) is 10.4. The normalized spacial score (nSPS) is 17.9. The summed E-state index contributed by atoms with van der Waals surface area (Å²) in [6.07, 6.45) is 5.72. The van der Waals surface area contributed by atoms with Crippen molar-refractivity contribution in [2.24, 2.45) is 0 Å². The highest BCUT2D eigenvalue weighted by molar-refractivity contribution is 7.14. The van der Waals surface area contributed by atoms with Crippen LogP contribution >= 0.6 is 11.3 Å². The Bertz CT molecular complexity index is 369. The minimum atomic E-state index is -1.09. The first-order valence-corrected chi connectivity index (χ1v) is 5.93. The highest BCUT2D eigenvalue weighted by Gasteiger charge is 2.23. The Morgan fingerprint density at radius 1 is 1.33 bits per heavy atom. The smallest absolute Gasteiger partial charge is 0.351 e. The Morgan fingerprint density at radius 2 is 2.00 bits per heavy atom. The maximum absolute atomic E-state index is 10.7. The van der Waals surface area contributed by atoms with Gasteiger partial charge in [-0.05, 0) is 12.8 Å². The SMILES string of the molecule is O=C(O)c1sc(C2CCCCC2)nc1O.